The molecule has 3 rings (SSSR count). The van der Waals surface area contributed by atoms with E-state index in [4.69, 9.17) is 5.21 Å². The molecule has 0 saturated carbocycles. The van der Waals surface area contributed by atoms with Crippen molar-refractivity contribution in [2.45, 2.75) is 0 Å². The zero-order chi connectivity index (χ0) is 19.1. The summed E-state index contributed by atoms with van der Waals surface area (Å²) < 4.78 is 0. The summed E-state index contributed by atoms with van der Waals surface area (Å²) in [7, 11) is 0. The number of hydrazone groups is 1. The first-order valence-electron chi connectivity index (χ1n) is 8.21. The number of carbonyl (C=O) groups is 2. The van der Waals surface area contributed by atoms with Crippen LogP contribution in [0.25, 0.3) is 11.1 Å². The standard InChI is InChI=1S/C21H17N3O3/c25-20(18-12-10-17(11-13-18)16-4-2-1-3-5-16)23-22-14-15-6-8-19(9-7-15)21(26)24-27/h1-14,27H,(H,23,25)(H,24,26)/b22-14+. The molecule has 0 unspecified atom stereocenters. The molecule has 0 saturated heterocycles. The van der Waals surface area contributed by atoms with Gasteiger partial charge in [0, 0.05) is 11.1 Å². The highest BCUT2D eigenvalue weighted by Gasteiger charge is 2.05. The van der Waals surface area contributed by atoms with Crippen molar-refractivity contribution < 1.29 is 14.8 Å². The lowest BCUT2D eigenvalue weighted by Crippen LogP contribution is -2.18. The number of benzene rings is 3. The van der Waals surface area contributed by atoms with E-state index < -0.39 is 5.91 Å². The van der Waals surface area contributed by atoms with Crippen molar-refractivity contribution >= 4 is 18.0 Å². The third-order valence-corrected chi connectivity index (χ3v) is 3.91. The summed E-state index contributed by atoms with van der Waals surface area (Å²) >= 11 is 0. The van der Waals surface area contributed by atoms with Crippen LogP contribution in [0.5, 0.6) is 0 Å². The maximum atomic E-state index is 12.2. The fourth-order valence-electron chi connectivity index (χ4n) is 2.46. The molecule has 3 aromatic carbocycles. The van der Waals surface area contributed by atoms with Crippen LogP contribution in [0.4, 0.5) is 0 Å². The van der Waals surface area contributed by atoms with Gasteiger partial charge in [0.05, 0.1) is 6.21 Å². The van der Waals surface area contributed by atoms with Gasteiger partial charge in [-0.25, -0.2) is 10.9 Å². The van der Waals surface area contributed by atoms with Crippen molar-refractivity contribution in [1.29, 1.82) is 0 Å². The van der Waals surface area contributed by atoms with Crippen LogP contribution in [0.3, 0.4) is 0 Å². The molecular weight excluding hydrogens is 342 g/mol. The Balaban J connectivity index is 1.60. The van der Waals surface area contributed by atoms with Crippen LogP contribution >= 0.6 is 0 Å². The van der Waals surface area contributed by atoms with E-state index in [2.05, 4.69) is 10.5 Å². The van der Waals surface area contributed by atoms with Gasteiger partial charge >= 0.3 is 0 Å². The quantitative estimate of drug-likeness (QED) is 0.371. The Morgan fingerprint density at radius 1 is 0.741 bits per heavy atom. The highest BCUT2D eigenvalue weighted by Crippen LogP contribution is 2.19. The van der Waals surface area contributed by atoms with Gasteiger partial charge in [-0.2, -0.15) is 5.10 Å². The number of nitrogens with zero attached hydrogens (tertiary/aromatic N) is 1. The molecule has 27 heavy (non-hydrogen) atoms. The highest BCUT2D eigenvalue weighted by atomic mass is 16.5. The first kappa shape index (κ1) is 18.0. The highest BCUT2D eigenvalue weighted by molar-refractivity contribution is 5.96. The summed E-state index contributed by atoms with van der Waals surface area (Å²) in [6.45, 7) is 0. The summed E-state index contributed by atoms with van der Waals surface area (Å²) in [6, 6.07) is 23.5. The molecule has 134 valence electrons. The molecular formula is C21H17N3O3. The minimum Gasteiger partial charge on any atom is -0.288 e. The van der Waals surface area contributed by atoms with Crippen molar-refractivity contribution in [1.82, 2.24) is 10.9 Å². The number of amides is 2. The van der Waals surface area contributed by atoms with E-state index in [1.165, 1.54) is 18.3 Å². The van der Waals surface area contributed by atoms with Gasteiger partial charge in [-0.3, -0.25) is 14.8 Å². The van der Waals surface area contributed by atoms with Gasteiger partial charge in [-0.15, -0.1) is 0 Å². The van der Waals surface area contributed by atoms with Crippen LogP contribution in [0.2, 0.25) is 0 Å². The molecule has 0 fully saturated rings. The molecule has 0 heterocycles. The lowest BCUT2D eigenvalue weighted by atomic mass is 10.0. The smallest absolute Gasteiger partial charge is 0.274 e. The maximum Gasteiger partial charge on any atom is 0.274 e. The Morgan fingerprint density at radius 2 is 1.30 bits per heavy atom. The van der Waals surface area contributed by atoms with Gasteiger partial charge in [0.25, 0.3) is 11.8 Å². The molecule has 0 spiro atoms. The summed E-state index contributed by atoms with van der Waals surface area (Å²) in [5.74, 6) is -0.909. The minimum atomic E-state index is -0.592. The predicted molar refractivity (Wildman–Crippen MR) is 103 cm³/mol. The van der Waals surface area contributed by atoms with Gasteiger partial charge in [0.1, 0.15) is 0 Å². The van der Waals surface area contributed by atoms with Crippen molar-refractivity contribution in [3.05, 3.63) is 95.6 Å². The Bertz CT molecular complexity index is 950. The Hall–Kier alpha value is -3.77. The van der Waals surface area contributed by atoms with Crippen LogP contribution in [0.15, 0.2) is 84.0 Å². The lowest BCUT2D eigenvalue weighted by Gasteiger charge is -2.04. The molecule has 0 aliphatic heterocycles. The average Bonchev–Trinajstić information content (AvgIpc) is 2.74. The molecule has 0 aromatic heterocycles. The van der Waals surface area contributed by atoms with Gasteiger partial charge in [0.15, 0.2) is 0 Å². The van der Waals surface area contributed by atoms with Crippen molar-refractivity contribution in [2.24, 2.45) is 5.10 Å². The molecule has 6 heteroatoms. The fourth-order valence-corrected chi connectivity index (χ4v) is 2.46. The van der Waals surface area contributed by atoms with Gasteiger partial charge in [-0.1, -0.05) is 54.6 Å². The maximum absolute atomic E-state index is 12.2. The normalized spacial score (nSPS) is 10.6. The Kier molecular flexibility index (Phi) is 5.71. The second kappa shape index (κ2) is 8.55. The lowest BCUT2D eigenvalue weighted by molar-refractivity contribution is 0.0706. The molecule has 0 aliphatic rings. The predicted octanol–water partition coefficient (Wildman–Crippen LogP) is 3.24. The minimum absolute atomic E-state index is 0.317. The topological polar surface area (TPSA) is 90.8 Å². The van der Waals surface area contributed by atoms with E-state index in [1.54, 1.807) is 29.7 Å². The van der Waals surface area contributed by atoms with E-state index in [0.29, 0.717) is 16.7 Å². The number of carbonyl (C=O) groups excluding carboxylic acids is 2. The molecule has 0 bridgehead atoms. The summed E-state index contributed by atoms with van der Waals surface area (Å²) in [5.41, 5.74) is 7.66. The van der Waals surface area contributed by atoms with E-state index in [9.17, 15) is 9.59 Å². The largest absolute Gasteiger partial charge is 0.288 e. The zero-order valence-electron chi connectivity index (χ0n) is 14.3. The van der Waals surface area contributed by atoms with Crippen LogP contribution in [0.1, 0.15) is 26.3 Å². The second-order valence-corrected chi connectivity index (χ2v) is 5.71. The second-order valence-electron chi connectivity index (χ2n) is 5.71. The number of hydrogen-bond acceptors (Lipinski definition) is 4. The Labute approximate surface area is 156 Å². The molecule has 0 aliphatic carbocycles. The van der Waals surface area contributed by atoms with Crippen LogP contribution in [-0.4, -0.2) is 23.2 Å². The molecule has 3 aromatic rings. The number of nitrogens with one attached hydrogen (secondary N) is 2. The Morgan fingerprint density at radius 3 is 1.93 bits per heavy atom. The number of hydrogen-bond donors (Lipinski definition) is 3. The van der Waals surface area contributed by atoms with Gasteiger partial charge < -0.3 is 0 Å². The number of rotatable bonds is 5. The van der Waals surface area contributed by atoms with E-state index in [0.717, 1.165) is 11.1 Å². The summed E-state index contributed by atoms with van der Waals surface area (Å²) in [6.07, 6.45) is 1.47. The first-order valence-corrected chi connectivity index (χ1v) is 8.21. The van der Waals surface area contributed by atoms with Crippen molar-refractivity contribution in [2.75, 3.05) is 0 Å². The van der Waals surface area contributed by atoms with Crippen LogP contribution < -0.4 is 10.9 Å². The fraction of sp³-hybridized carbons (Fsp3) is 0. The van der Waals surface area contributed by atoms with Crippen LogP contribution in [-0.2, 0) is 0 Å². The molecule has 3 N–H and O–H groups in total. The molecule has 2 amide bonds. The average molecular weight is 359 g/mol. The third-order valence-electron chi connectivity index (χ3n) is 3.91. The molecule has 0 atom stereocenters. The zero-order valence-corrected chi connectivity index (χ0v) is 14.3. The molecule has 6 nitrogen and oxygen atoms in total. The summed E-state index contributed by atoms with van der Waals surface area (Å²) in [5, 5.41) is 12.5. The first-order chi connectivity index (χ1) is 13.2. The van der Waals surface area contributed by atoms with E-state index in [-0.39, 0.29) is 5.91 Å². The third kappa shape index (κ3) is 4.65. The SMILES string of the molecule is O=C(NO)c1ccc(/C=N/NC(=O)c2ccc(-c3ccccc3)cc2)cc1. The van der Waals surface area contributed by atoms with Crippen LogP contribution in [0, 0.1) is 0 Å². The monoisotopic (exact) mass is 359 g/mol. The van der Waals surface area contributed by atoms with Crippen molar-refractivity contribution in [3.8, 4) is 11.1 Å². The van der Waals surface area contributed by atoms with Gasteiger partial charge in [-0.05, 0) is 41.0 Å². The van der Waals surface area contributed by atoms with Gasteiger partial charge in [0.2, 0.25) is 0 Å². The van der Waals surface area contributed by atoms with E-state index >= 15 is 0 Å². The summed E-state index contributed by atoms with van der Waals surface area (Å²) in [4.78, 5) is 23.4. The molecule has 0 radical (unpaired) electrons. The van der Waals surface area contributed by atoms with E-state index in [1.807, 2.05) is 42.5 Å². The number of hydroxylamine groups is 1. The van der Waals surface area contributed by atoms with Crippen molar-refractivity contribution in [3.63, 3.8) is 0 Å².